The Morgan fingerprint density at radius 2 is 2.00 bits per heavy atom. The number of rotatable bonds is 3. The van der Waals surface area contributed by atoms with Gasteiger partial charge < -0.3 is 4.90 Å². The van der Waals surface area contributed by atoms with E-state index in [4.69, 9.17) is 0 Å². The zero-order valence-corrected chi connectivity index (χ0v) is 16.1. The first-order valence-electron chi connectivity index (χ1n) is 8.61. The van der Waals surface area contributed by atoms with Crippen molar-refractivity contribution in [2.45, 2.75) is 28.5 Å². The molecule has 2 aromatic carbocycles. The first kappa shape index (κ1) is 17.4. The number of carbonyl (C=O) groups is 1. The number of hydrogen-bond donors (Lipinski definition) is 0. The van der Waals surface area contributed by atoms with Gasteiger partial charge in [0.1, 0.15) is 11.4 Å². The van der Waals surface area contributed by atoms with E-state index in [9.17, 15) is 4.79 Å². The van der Waals surface area contributed by atoms with Crippen molar-refractivity contribution in [3.8, 4) is 0 Å². The number of fused-ring (bicyclic) bond motifs is 2. The van der Waals surface area contributed by atoms with Crippen molar-refractivity contribution < 1.29 is 4.79 Å². The lowest BCUT2D eigenvalue weighted by Gasteiger charge is -2.22. The molecule has 0 bridgehead atoms. The fourth-order valence-electron chi connectivity index (χ4n) is 3.05. The lowest BCUT2D eigenvalue weighted by molar-refractivity contribution is -0.116. The van der Waals surface area contributed by atoms with Crippen molar-refractivity contribution in [2.75, 3.05) is 17.2 Å². The highest BCUT2D eigenvalue weighted by atomic mass is 32.2. The Labute approximate surface area is 161 Å². The predicted octanol–water partition coefficient (Wildman–Crippen LogP) is 4.64. The second kappa shape index (κ2) is 7.68. The number of benzene rings is 2. The molecule has 4 nitrogen and oxygen atoms in total. The smallest absolute Gasteiger partial charge is 0.237 e. The van der Waals surface area contributed by atoms with Crippen LogP contribution in [0.25, 0.3) is 10.9 Å². The zero-order valence-electron chi connectivity index (χ0n) is 14.5. The number of anilines is 1. The van der Waals surface area contributed by atoms with Crippen LogP contribution in [-0.2, 0) is 4.79 Å². The van der Waals surface area contributed by atoms with Crippen LogP contribution in [0.4, 0.5) is 5.69 Å². The van der Waals surface area contributed by atoms with Crippen molar-refractivity contribution in [3.05, 3.63) is 54.9 Å². The van der Waals surface area contributed by atoms with Gasteiger partial charge in [-0.15, -0.1) is 11.8 Å². The van der Waals surface area contributed by atoms with Crippen LogP contribution in [0.2, 0.25) is 0 Å². The van der Waals surface area contributed by atoms with Gasteiger partial charge in [0.15, 0.2) is 0 Å². The van der Waals surface area contributed by atoms with Gasteiger partial charge in [0, 0.05) is 22.1 Å². The molecule has 1 aliphatic heterocycles. The number of amides is 1. The molecule has 1 amide bonds. The largest absolute Gasteiger partial charge is 0.311 e. The molecule has 4 rings (SSSR count). The maximum Gasteiger partial charge on any atom is 0.237 e. The van der Waals surface area contributed by atoms with Crippen LogP contribution in [-0.4, -0.2) is 33.4 Å². The predicted molar refractivity (Wildman–Crippen MR) is 109 cm³/mol. The summed E-state index contributed by atoms with van der Waals surface area (Å²) in [5, 5.41) is 2.36. The van der Waals surface area contributed by atoms with Crippen molar-refractivity contribution in [2.24, 2.45) is 0 Å². The summed E-state index contributed by atoms with van der Waals surface area (Å²) in [6.07, 6.45) is 2.56. The van der Waals surface area contributed by atoms with Gasteiger partial charge in [0.25, 0.3) is 0 Å². The van der Waals surface area contributed by atoms with Crippen molar-refractivity contribution >= 4 is 46.0 Å². The van der Waals surface area contributed by atoms with Gasteiger partial charge in [-0.1, -0.05) is 49.0 Å². The van der Waals surface area contributed by atoms with Crippen molar-refractivity contribution in [3.63, 3.8) is 0 Å². The molecule has 0 spiro atoms. The minimum Gasteiger partial charge on any atom is -0.311 e. The third-order valence-corrected chi connectivity index (χ3v) is 6.61. The quantitative estimate of drug-likeness (QED) is 0.489. The van der Waals surface area contributed by atoms with E-state index in [1.165, 1.54) is 16.7 Å². The Balaban J connectivity index is 1.55. The highest BCUT2D eigenvalue weighted by molar-refractivity contribution is 8.00. The fourth-order valence-corrected chi connectivity index (χ4v) is 5.03. The van der Waals surface area contributed by atoms with Crippen LogP contribution in [0, 0.1) is 0 Å². The summed E-state index contributed by atoms with van der Waals surface area (Å²) < 4.78 is 0. The summed E-state index contributed by atoms with van der Waals surface area (Å²) in [4.78, 5) is 24.8. The van der Waals surface area contributed by atoms with E-state index in [0.29, 0.717) is 11.0 Å². The Morgan fingerprint density at radius 1 is 1.19 bits per heavy atom. The van der Waals surface area contributed by atoms with Gasteiger partial charge >= 0.3 is 0 Å². The number of para-hydroxylation sites is 2. The molecule has 0 radical (unpaired) electrons. The molecule has 0 saturated carbocycles. The van der Waals surface area contributed by atoms with Crippen LogP contribution in [0.3, 0.4) is 0 Å². The van der Waals surface area contributed by atoms with Crippen LogP contribution in [0.5, 0.6) is 0 Å². The molecule has 132 valence electrons. The molecule has 0 aliphatic carbocycles. The average molecular weight is 382 g/mol. The fraction of sp³-hybridized carbons (Fsp3) is 0.250. The van der Waals surface area contributed by atoms with Crippen LogP contribution in [0.1, 0.15) is 13.3 Å². The second-order valence-electron chi connectivity index (χ2n) is 6.21. The number of carbonyl (C=O) groups excluding carboxylic acids is 1. The number of aromatic nitrogens is 2. The first-order chi connectivity index (χ1) is 12.7. The van der Waals surface area contributed by atoms with E-state index >= 15 is 0 Å². The van der Waals surface area contributed by atoms with E-state index in [0.717, 1.165) is 34.6 Å². The topological polar surface area (TPSA) is 46.1 Å². The molecule has 1 aliphatic rings. The second-order valence-corrected chi connectivity index (χ2v) is 8.66. The summed E-state index contributed by atoms with van der Waals surface area (Å²) in [6, 6.07) is 16.1. The molecule has 2 heterocycles. The van der Waals surface area contributed by atoms with Gasteiger partial charge in [0.2, 0.25) is 5.91 Å². The molecule has 1 atom stereocenters. The maximum absolute atomic E-state index is 13.0. The molecule has 1 aromatic heterocycles. The minimum atomic E-state index is 0.125. The van der Waals surface area contributed by atoms with Gasteiger partial charge in [-0.2, -0.15) is 0 Å². The first-order valence-corrected chi connectivity index (χ1v) is 10.5. The third-order valence-electron chi connectivity index (χ3n) is 4.38. The van der Waals surface area contributed by atoms with E-state index in [1.807, 2.05) is 59.1 Å². The molecule has 26 heavy (non-hydrogen) atoms. The molecule has 0 N–H and O–H groups in total. The molecule has 0 saturated heterocycles. The van der Waals surface area contributed by atoms with Gasteiger partial charge in [0.05, 0.1) is 17.0 Å². The standard InChI is InChI=1S/C20H19N3OS2/c1-14-10-11-23(17-8-4-5-9-18(17)26-14)19(24)12-25-20-15-6-2-3-7-16(15)21-13-22-20/h2-9,13-14H,10-12H2,1H3/t14-/m0/s1. The monoisotopic (exact) mass is 381 g/mol. The Bertz CT molecular complexity index is 942. The Hall–Kier alpha value is -2.05. The molecular weight excluding hydrogens is 362 g/mol. The molecular formula is C20H19N3OS2. The average Bonchev–Trinajstić information content (AvgIpc) is 2.84. The lowest BCUT2D eigenvalue weighted by atomic mass is 10.2. The third kappa shape index (κ3) is 3.57. The van der Waals surface area contributed by atoms with Gasteiger partial charge in [-0.3, -0.25) is 4.79 Å². The number of hydrogen-bond acceptors (Lipinski definition) is 5. The zero-order chi connectivity index (χ0) is 17.9. The number of thioether (sulfide) groups is 2. The van der Waals surface area contributed by atoms with Gasteiger partial charge in [-0.05, 0) is 24.6 Å². The van der Waals surface area contributed by atoms with Gasteiger partial charge in [-0.25, -0.2) is 9.97 Å². The van der Waals surface area contributed by atoms with Crippen LogP contribution >= 0.6 is 23.5 Å². The highest BCUT2D eigenvalue weighted by Gasteiger charge is 2.24. The summed E-state index contributed by atoms with van der Waals surface area (Å²) in [6.45, 7) is 2.98. The van der Waals surface area contributed by atoms with E-state index < -0.39 is 0 Å². The minimum absolute atomic E-state index is 0.125. The van der Waals surface area contributed by atoms with Crippen molar-refractivity contribution in [1.82, 2.24) is 9.97 Å². The molecule has 0 fully saturated rings. The summed E-state index contributed by atoms with van der Waals surface area (Å²) in [7, 11) is 0. The summed E-state index contributed by atoms with van der Waals surface area (Å²) in [5.41, 5.74) is 1.93. The van der Waals surface area contributed by atoms with Crippen LogP contribution < -0.4 is 4.90 Å². The van der Waals surface area contributed by atoms with Crippen molar-refractivity contribution in [1.29, 1.82) is 0 Å². The Kier molecular flexibility index (Phi) is 5.13. The number of nitrogens with zero attached hydrogens (tertiary/aromatic N) is 3. The maximum atomic E-state index is 13.0. The van der Waals surface area contributed by atoms with E-state index in [1.54, 1.807) is 6.33 Å². The molecule has 6 heteroatoms. The van der Waals surface area contributed by atoms with E-state index in [-0.39, 0.29) is 5.91 Å². The normalized spacial score (nSPS) is 17.0. The van der Waals surface area contributed by atoms with Crippen LogP contribution in [0.15, 0.2) is 64.8 Å². The summed E-state index contributed by atoms with van der Waals surface area (Å²) in [5.74, 6) is 0.494. The summed E-state index contributed by atoms with van der Waals surface area (Å²) >= 11 is 3.33. The lowest BCUT2D eigenvalue weighted by Crippen LogP contribution is -2.33. The Morgan fingerprint density at radius 3 is 2.92 bits per heavy atom. The van der Waals surface area contributed by atoms with E-state index in [2.05, 4.69) is 23.0 Å². The molecule has 0 unspecified atom stereocenters. The highest BCUT2D eigenvalue weighted by Crippen LogP contribution is 2.37. The molecule has 3 aromatic rings. The SMILES string of the molecule is C[C@H]1CCN(C(=O)CSc2ncnc3ccccc23)c2ccccc2S1.